The van der Waals surface area contributed by atoms with Gasteiger partial charge in [-0.1, -0.05) is 78.6 Å². The number of nitrogens with zero attached hydrogens (tertiary/aromatic N) is 2. The van der Waals surface area contributed by atoms with Gasteiger partial charge in [0.05, 0.1) is 12.3 Å². The Morgan fingerprint density at radius 2 is 1.93 bits per heavy atom. The van der Waals surface area contributed by atoms with Crippen LogP contribution in [0.5, 0.6) is 0 Å². The summed E-state index contributed by atoms with van der Waals surface area (Å²) in [5, 5.41) is 4.94. The lowest BCUT2D eigenvalue weighted by atomic mass is 10.0. The number of hydrogen-bond acceptors (Lipinski definition) is 3. The third-order valence-electron chi connectivity index (χ3n) is 4.80. The lowest BCUT2D eigenvalue weighted by Crippen LogP contribution is -2.37. The molecule has 1 aliphatic rings. The maximum absolute atomic E-state index is 12.8. The first-order chi connectivity index (χ1) is 13.4. The number of benzene rings is 2. The van der Waals surface area contributed by atoms with Crippen LogP contribution in [0.4, 0.5) is 0 Å². The van der Waals surface area contributed by atoms with Crippen LogP contribution in [0.25, 0.3) is 0 Å². The van der Waals surface area contributed by atoms with E-state index in [9.17, 15) is 4.79 Å². The zero-order chi connectivity index (χ0) is 20.1. The minimum absolute atomic E-state index is 0.113. The largest absolute Gasteiger partial charge is 0.390 e. The SMILES string of the molecule is Cc1ccc(C2=NO[C@@H](CN(Cc3ccccc3Cl)C(=O)CC(C)C)C2)cc1. The van der Waals surface area contributed by atoms with Gasteiger partial charge in [0.25, 0.3) is 0 Å². The van der Waals surface area contributed by atoms with Crippen LogP contribution in [0, 0.1) is 12.8 Å². The fourth-order valence-electron chi connectivity index (χ4n) is 3.25. The van der Waals surface area contributed by atoms with Crippen LogP contribution < -0.4 is 0 Å². The molecule has 0 bridgehead atoms. The Kier molecular flexibility index (Phi) is 6.74. The standard InChI is InChI=1S/C23H27ClN2O2/c1-16(2)12-23(27)26(14-19-6-4-5-7-21(19)24)15-20-13-22(25-28-20)18-10-8-17(3)9-11-18/h4-11,16,20H,12-15H2,1-3H3/t20-/m1/s1. The molecule has 0 saturated heterocycles. The molecule has 5 heteroatoms. The summed E-state index contributed by atoms with van der Waals surface area (Å²) in [5.74, 6) is 0.410. The van der Waals surface area contributed by atoms with Crippen LogP contribution in [0.1, 0.15) is 43.4 Å². The molecule has 2 aromatic carbocycles. The van der Waals surface area contributed by atoms with Crippen LogP contribution in [0.15, 0.2) is 53.7 Å². The minimum atomic E-state index is -0.144. The lowest BCUT2D eigenvalue weighted by Gasteiger charge is -2.26. The molecule has 0 aromatic heterocycles. The molecule has 148 valence electrons. The second kappa shape index (κ2) is 9.24. The summed E-state index contributed by atoms with van der Waals surface area (Å²) in [6.45, 7) is 7.14. The maximum Gasteiger partial charge on any atom is 0.223 e. The van der Waals surface area contributed by atoms with E-state index in [1.54, 1.807) is 0 Å². The molecule has 0 N–H and O–H groups in total. The molecule has 0 saturated carbocycles. The van der Waals surface area contributed by atoms with Gasteiger partial charge >= 0.3 is 0 Å². The molecule has 28 heavy (non-hydrogen) atoms. The molecule has 0 spiro atoms. The molecule has 1 aliphatic heterocycles. The van der Waals surface area contributed by atoms with Crippen molar-refractivity contribution in [1.29, 1.82) is 0 Å². The Bertz CT molecular complexity index is 846. The smallest absolute Gasteiger partial charge is 0.223 e. The van der Waals surface area contributed by atoms with Crippen molar-refractivity contribution in [3.8, 4) is 0 Å². The Hall–Kier alpha value is -2.33. The summed E-state index contributed by atoms with van der Waals surface area (Å²) in [6, 6.07) is 15.9. The number of rotatable bonds is 7. The van der Waals surface area contributed by atoms with Gasteiger partial charge in [0.15, 0.2) is 6.10 Å². The number of halogens is 1. The highest BCUT2D eigenvalue weighted by Crippen LogP contribution is 2.22. The molecule has 0 aliphatic carbocycles. The van der Waals surface area contributed by atoms with Crippen molar-refractivity contribution in [2.45, 2.75) is 46.3 Å². The third-order valence-corrected chi connectivity index (χ3v) is 5.17. The van der Waals surface area contributed by atoms with Gasteiger partial charge in [-0.25, -0.2) is 0 Å². The molecular formula is C23H27ClN2O2. The second-order valence-corrected chi connectivity index (χ2v) is 8.21. The van der Waals surface area contributed by atoms with Crippen molar-refractivity contribution in [2.75, 3.05) is 6.54 Å². The fourth-order valence-corrected chi connectivity index (χ4v) is 3.45. The molecule has 2 aromatic rings. The first-order valence-corrected chi connectivity index (χ1v) is 10.1. The fraction of sp³-hybridized carbons (Fsp3) is 0.391. The van der Waals surface area contributed by atoms with E-state index < -0.39 is 0 Å². The number of amides is 1. The Balaban J connectivity index is 1.68. The monoisotopic (exact) mass is 398 g/mol. The van der Waals surface area contributed by atoms with Crippen LogP contribution in [0.3, 0.4) is 0 Å². The number of carbonyl (C=O) groups is 1. The molecule has 0 unspecified atom stereocenters. The molecule has 0 radical (unpaired) electrons. The zero-order valence-electron chi connectivity index (χ0n) is 16.7. The number of oxime groups is 1. The van der Waals surface area contributed by atoms with Crippen molar-refractivity contribution < 1.29 is 9.63 Å². The van der Waals surface area contributed by atoms with Gasteiger partial charge in [-0.3, -0.25) is 4.79 Å². The zero-order valence-corrected chi connectivity index (χ0v) is 17.4. The van der Waals surface area contributed by atoms with E-state index in [2.05, 4.69) is 50.2 Å². The van der Waals surface area contributed by atoms with Crippen LogP contribution in [-0.4, -0.2) is 29.2 Å². The number of aryl methyl sites for hydroxylation is 1. The van der Waals surface area contributed by atoms with E-state index >= 15 is 0 Å². The van der Waals surface area contributed by atoms with Crippen molar-refractivity contribution in [1.82, 2.24) is 4.90 Å². The predicted molar refractivity (Wildman–Crippen MR) is 114 cm³/mol. The molecule has 1 atom stereocenters. The first-order valence-electron chi connectivity index (χ1n) is 9.73. The summed E-state index contributed by atoms with van der Waals surface area (Å²) in [6.07, 6.45) is 1.05. The van der Waals surface area contributed by atoms with Crippen molar-refractivity contribution in [3.05, 3.63) is 70.2 Å². The van der Waals surface area contributed by atoms with Crippen LogP contribution in [0.2, 0.25) is 5.02 Å². The van der Waals surface area contributed by atoms with E-state index in [0.29, 0.717) is 36.9 Å². The van der Waals surface area contributed by atoms with Crippen molar-refractivity contribution in [2.24, 2.45) is 11.1 Å². The molecule has 1 heterocycles. The van der Waals surface area contributed by atoms with Crippen LogP contribution in [-0.2, 0) is 16.2 Å². The number of hydrogen-bond donors (Lipinski definition) is 0. The molecule has 4 nitrogen and oxygen atoms in total. The Morgan fingerprint density at radius 1 is 1.21 bits per heavy atom. The van der Waals surface area contributed by atoms with Gasteiger partial charge in [-0.05, 0) is 30.0 Å². The highest BCUT2D eigenvalue weighted by atomic mass is 35.5. The van der Waals surface area contributed by atoms with E-state index in [-0.39, 0.29) is 12.0 Å². The number of carbonyl (C=O) groups excluding carboxylic acids is 1. The summed E-state index contributed by atoms with van der Waals surface area (Å²) in [5.41, 5.74) is 4.15. The normalized spacial score (nSPS) is 16.0. The summed E-state index contributed by atoms with van der Waals surface area (Å²) in [4.78, 5) is 20.3. The van der Waals surface area contributed by atoms with Crippen LogP contribution >= 0.6 is 11.6 Å². The van der Waals surface area contributed by atoms with Gasteiger partial charge < -0.3 is 9.74 Å². The van der Waals surface area contributed by atoms with E-state index in [1.165, 1.54) is 5.56 Å². The van der Waals surface area contributed by atoms with Gasteiger partial charge in [0, 0.05) is 24.4 Å². The predicted octanol–water partition coefficient (Wildman–Crippen LogP) is 5.22. The molecule has 1 amide bonds. The first kappa shape index (κ1) is 20.4. The molecule has 0 fully saturated rings. The second-order valence-electron chi connectivity index (χ2n) is 7.80. The average molecular weight is 399 g/mol. The summed E-state index contributed by atoms with van der Waals surface area (Å²) < 4.78 is 0. The molecule has 3 rings (SSSR count). The van der Waals surface area contributed by atoms with Gasteiger partial charge in [-0.15, -0.1) is 0 Å². The Labute approximate surface area is 172 Å². The van der Waals surface area contributed by atoms with Crippen molar-refractivity contribution in [3.63, 3.8) is 0 Å². The lowest BCUT2D eigenvalue weighted by molar-refractivity contribution is -0.134. The summed E-state index contributed by atoms with van der Waals surface area (Å²) in [7, 11) is 0. The highest BCUT2D eigenvalue weighted by Gasteiger charge is 2.27. The minimum Gasteiger partial charge on any atom is -0.390 e. The van der Waals surface area contributed by atoms with Gasteiger partial charge in [0.1, 0.15) is 0 Å². The molecular weight excluding hydrogens is 372 g/mol. The highest BCUT2D eigenvalue weighted by molar-refractivity contribution is 6.31. The summed E-state index contributed by atoms with van der Waals surface area (Å²) >= 11 is 6.32. The Morgan fingerprint density at radius 3 is 2.61 bits per heavy atom. The quantitative estimate of drug-likeness (QED) is 0.641. The topological polar surface area (TPSA) is 41.9 Å². The van der Waals surface area contributed by atoms with E-state index in [4.69, 9.17) is 16.4 Å². The maximum atomic E-state index is 12.8. The van der Waals surface area contributed by atoms with Gasteiger partial charge in [0.2, 0.25) is 5.91 Å². The average Bonchev–Trinajstić information content (AvgIpc) is 3.11. The van der Waals surface area contributed by atoms with Gasteiger partial charge in [-0.2, -0.15) is 0 Å². The third kappa shape index (κ3) is 5.35. The van der Waals surface area contributed by atoms with Crippen molar-refractivity contribution >= 4 is 23.2 Å². The van der Waals surface area contributed by atoms with E-state index in [0.717, 1.165) is 16.8 Å². The van der Waals surface area contributed by atoms with E-state index in [1.807, 2.05) is 29.2 Å².